The van der Waals surface area contributed by atoms with Gasteiger partial charge in [-0.3, -0.25) is 4.79 Å². The minimum absolute atomic E-state index is 0.225. The number of methoxy groups -OCH3 is 2. The van der Waals surface area contributed by atoms with Gasteiger partial charge < -0.3 is 24.3 Å². The van der Waals surface area contributed by atoms with Crippen molar-refractivity contribution in [2.45, 2.75) is 20.5 Å². The Labute approximate surface area is 154 Å². The molecule has 2 aromatic carbocycles. The molecule has 6 nitrogen and oxygen atoms in total. The summed E-state index contributed by atoms with van der Waals surface area (Å²) < 4.78 is 21.6. The Morgan fingerprint density at radius 1 is 0.923 bits per heavy atom. The van der Waals surface area contributed by atoms with Crippen molar-refractivity contribution in [2.24, 2.45) is 0 Å². The first kappa shape index (κ1) is 19.6. The van der Waals surface area contributed by atoms with Crippen LogP contribution >= 0.6 is 0 Å². The summed E-state index contributed by atoms with van der Waals surface area (Å²) in [7, 11) is 3.16. The number of hydrogen-bond acceptors (Lipinski definition) is 5. The Bertz CT molecular complexity index is 745. The summed E-state index contributed by atoms with van der Waals surface area (Å²) in [6, 6.07) is 10.5. The summed E-state index contributed by atoms with van der Waals surface area (Å²) in [5, 5.41) is 2.87. The summed E-state index contributed by atoms with van der Waals surface area (Å²) in [6.45, 7) is 5.33. The molecule has 2 aromatic rings. The zero-order valence-electron chi connectivity index (χ0n) is 15.6. The van der Waals surface area contributed by atoms with Crippen LogP contribution in [0.15, 0.2) is 36.4 Å². The average Bonchev–Trinajstić information content (AvgIpc) is 2.67. The van der Waals surface area contributed by atoms with Gasteiger partial charge in [0.15, 0.2) is 11.5 Å². The van der Waals surface area contributed by atoms with E-state index in [4.69, 9.17) is 18.9 Å². The van der Waals surface area contributed by atoms with E-state index >= 15 is 0 Å². The normalized spacial score (nSPS) is 10.3. The van der Waals surface area contributed by atoms with E-state index < -0.39 is 0 Å². The van der Waals surface area contributed by atoms with Gasteiger partial charge in [0.05, 0.1) is 27.4 Å². The van der Waals surface area contributed by atoms with E-state index in [0.29, 0.717) is 48.3 Å². The zero-order chi connectivity index (χ0) is 18.9. The third-order valence-corrected chi connectivity index (χ3v) is 3.73. The van der Waals surface area contributed by atoms with Crippen molar-refractivity contribution in [3.05, 3.63) is 47.5 Å². The Morgan fingerprint density at radius 2 is 1.65 bits per heavy atom. The molecule has 0 aliphatic heterocycles. The Balaban J connectivity index is 2.19. The molecule has 0 aromatic heterocycles. The number of anilines is 1. The second-order valence-electron chi connectivity index (χ2n) is 5.42. The molecule has 0 saturated carbocycles. The average molecular weight is 359 g/mol. The van der Waals surface area contributed by atoms with Crippen LogP contribution < -0.4 is 19.5 Å². The first-order valence-electron chi connectivity index (χ1n) is 8.49. The number of ether oxygens (including phenoxy) is 4. The lowest BCUT2D eigenvalue weighted by molar-refractivity contribution is 0.102. The quantitative estimate of drug-likeness (QED) is 0.736. The molecule has 0 aliphatic carbocycles. The first-order chi connectivity index (χ1) is 12.6. The third kappa shape index (κ3) is 4.89. The minimum atomic E-state index is -0.225. The van der Waals surface area contributed by atoms with Crippen LogP contribution in [0.25, 0.3) is 0 Å². The van der Waals surface area contributed by atoms with Gasteiger partial charge in [0.1, 0.15) is 5.75 Å². The lowest BCUT2D eigenvalue weighted by Gasteiger charge is -2.13. The zero-order valence-corrected chi connectivity index (χ0v) is 15.6. The van der Waals surface area contributed by atoms with E-state index in [2.05, 4.69) is 5.32 Å². The maximum absolute atomic E-state index is 12.6. The van der Waals surface area contributed by atoms with Crippen molar-refractivity contribution < 1.29 is 23.7 Å². The Morgan fingerprint density at radius 3 is 2.31 bits per heavy atom. The highest BCUT2D eigenvalue weighted by atomic mass is 16.5. The Kier molecular flexibility index (Phi) is 7.29. The van der Waals surface area contributed by atoms with Gasteiger partial charge in [-0.05, 0) is 44.2 Å². The van der Waals surface area contributed by atoms with Gasteiger partial charge in [0, 0.05) is 29.5 Å². The topological polar surface area (TPSA) is 66.0 Å². The molecule has 6 heteroatoms. The van der Waals surface area contributed by atoms with E-state index in [1.807, 2.05) is 13.8 Å². The second kappa shape index (κ2) is 9.68. The molecule has 0 spiro atoms. The fourth-order valence-electron chi connectivity index (χ4n) is 2.47. The van der Waals surface area contributed by atoms with Crippen LogP contribution in [0, 0.1) is 0 Å². The molecule has 0 heterocycles. The van der Waals surface area contributed by atoms with Crippen LogP contribution in [0.2, 0.25) is 0 Å². The van der Waals surface area contributed by atoms with E-state index in [1.165, 1.54) is 0 Å². The molecule has 140 valence electrons. The number of benzene rings is 2. The van der Waals surface area contributed by atoms with Crippen molar-refractivity contribution in [1.29, 1.82) is 0 Å². The highest BCUT2D eigenvalue weighted by Crippen LogP contribution is 2.30. The van der Waals surface area contributed by atoms with Gasteiger partial charge in [0.2, 0.25) is 0 Å². The van der Waals surface area contributed by atoms with Crippen molar-refractivity contribution in [3.8, 4) is 17.2 Å². The number of nitrogens with one attached hydrogen (secondary N) is 1. The molecule has 0 atom stereocenters. The Hall–Kier alpha value is -2.73. The molecule has 0 aliphatic rings. The molecule has 0 fully saturated rings. The fourth-order valence-corrected chi connectivity index (χ4v) is 2.47. The standard InChI is InChI=1S/C20H25NO5/c1-5-25-13-15-11-14(7-9-17(15)23-3)20(22)21-16-8-10-18(26-6-2)19(12-16)24-4/h7-12H,5-6,13H2,1-4H3,(H,21,22). The summed E-state index contributed by atoms with van der Waals surface area (Å²) in [4.78, 5) is 12.6. The maximum Gasteiger partial charge on any atom is 0.255 e. The van der Waals surface area contributed by atoms with Crippen LogP contribution in [0.1, 0.15) is 29.8 Å². The molecule has 0 bridgehead atoms. The summed E-state index contributed by atoms with van der Waals surface area (Å²) >= 11 is 0. The van der Waals surface area contributed by atoms with Gasteiger partial charge in [-0.1, -0.05) is 0 Å². The lowest BCUT2D eigenvalue weighted by atomic mass is 10.1. The van der Waals surface area contributed by atoms with Crippen LogP contribution in [0.4, 0.5) is 5.69 Å². The smallest absolute Gasteiger partial charge is 0.255 e. The van der Waals surface area contributed by atoms with Gasteiger partial charge in [-0.25, -0.2) is 0 Å². The highest BCUT2D eigenvalue weighted by molar-refractivity contribution is 6.04. The van der Waals surface area contributed by atoms with Gasteiger partial charge in [-0.15, -0.1) is 0 Å². The number of rotatable bonds is 9. The molecule has 1 amide bonds. The van der Waals surface area contributed by atoms with Crippen molar-refractivity contribution in [1.82, 2.24) is 0 Å². The maximum atomic E-state index is 12.6. The van der Waals surface area contributed by atoms with E-state index in [-0.39, 0.29) is 5.91 Å². The summed E-state index contributed by atoms with van der Waals surface area (Å²) in [6.07, 6.45) is 0. The first-order valence-corrected chi connectivity index (χ1v) is 8.49. The van der Waals surface area contributed by atoms with Crippen molar-refractivity contribution in [3.63, 3.8) is 0 Å². The lowest BCUT2D eigenvalue weighted by Crippen LogP contribution is -2.13. The number of carbonyl (C=O) groups is 1. The molecule has 0 saturated heterocycles. The van der Waals surface area contributed by atoms with Crippen LogP contribution in [-0.4, -0.2) is 33.3 Å². The van der Waals surface area contributed by atoms with Crippen LogP contribution in [0.3, 0.4) is 0 Å². The van der Waals surface area contributed by atoms with Crippen LogP contribution in [0.5, 0.6) is 17.2 Å². The van der Waals surface area contributed by atoms with Crippen molar-refractivity contribution in [2.75, 3.05) is 32.8 Å². The molecule has 0 radical (unpaired) electrons. The van der Waals surface area contributed by atoms with Crippen LogP contribution in [-0.2, 0) is 11.3 Å². The molecular weight excluding hydrogens is 334 g/mol. The molecule has 2 rings (SSSR count). The van der Waals surface area contributed by atoms with Gasteiger partial charge in [0.25, 0.3) is 5.91 Å². The second-order valence-corrected chi connectivity index (χ2v) is 5.42. The van der Waals surface area contributed by atoms with Gasteiger partial charge >= 0.3 is 0 Å². The molecule has 26 heavy (non-hydrogen) atoms. The molecule has 0 unspecified atom stereocenters. The number of hydrogen-bond donors (Lipinski definition) is 1. The SMILES string of the molecule is CCOCc1cc(C(=O)Nc2ccc(OCC)c(OC)c2)ccc1OC. The summed E-state index contributed by atoms with van der Waals surface area (Å²) in [5.74, 6) is 1.67. The largest absolute Gasteiger partial charge is 0.496 e. The van der Waals surface area contributed by atoms with E-state index in [9.17, 15) is 4.79 Å². The monoisotopic (exact) mass is 359 g/mol. The van der Waals surface area contributed by atoms with Gasteiger partial charge in [-0.2, -0.15) is 0 Å². The predicted octanol–water partition coefficient (Wildman–Crippen LogP) is 3.89. The van der Waals surface area contributed by atoms with Crippen molar-refractivity contribution >= 4 is 11.6 Å². The minimum Gasteiger partial charge on any atom is -0.496 e. The highest BCUT2D eigenvalue weighted by Gasteiger charge is 2.12. The van der Waals surface area contributed by atoms with E-state index in [1.54, 1.807) is 50.6 Å². The van der Waals surface area contributed by atoms with E-state index in [0.717, 1.165) is 5.56 Å². The number of amides is 1. The fraction of sp³-hybridized carbons (Fsp3) is 0.350. The third-order valence-electron chi connectivity index (χ3n) is 3.73. The predicted molar refractivity (Wildman–Crippen MR) is 100 cm³/mol. The number of carbonyl (C=O) groups excluding carboxylic acids is 1. The summed E-state index contributed by atoms with van der Waals surface area (Å²) in [5.41, 5.74) is 1.97. The molecular formula is C20H25NO5. The molecule has 1 N–H and O–H groups in total.